The van der Waals surface area contributed by atoms with Crippen LogP contribution in [0.5, 0.6) is 0 Å². The molecule has 0 spiro atoms. The molecule has 2 aromatic rings. The molecule has 1 amide bonds. The van der Waals surface area contributed by atoms with Gasteiger partial charge in [-0.15, -0.1) is 0 Å². The normalized spacial score (nSPS) is 16.6. The van der Waals surface area contributed by atoms with Gasteiger partial charge in [0.2, 0.25) is 6.61 Å². The number of nitrogens with zero attached hydrogens (tertiary/aromatic N) is 1. The molecule has 2 heterocycles. The number of hydrogen-bond acceptors (Lipinski definition) is 5. The molecule has 0 unspecified atom stereocenters. The highest BCUT2D eigenvalue weighted by Crippen LogP contribution is 2.38. The molecule has 0 bridgehead atoms. The fraction of sp³-hybridized carbons (Fsp3) is 0.250. The fourth-order valence-electron chi connectivity index (χ4n) is 3.54. The fourth-order valence-corrected chi connectivity index (χ4v) is 3.54. The standard InChI is InChI=1S/C20H19N3O4/c1-11-2-4-12(5-3-11)14-8-15-18(16-9-21-7-6-13(14)16)22-20(26)19(15)23-27-10-17(24)25/h2-5,8,21H,6-7,9-10H2,1H3,(H,24,25)(H,22,23,26). The third-order valence-corrected chi connectivity index (χ3v) is 4.82. The van der Waals surface area contributed by atoms with Gasteiger partial charge in [-0.3, -0.25) is 4.79 Å². The number of aryl methyl sites for hydroxylation is 1. The molecule has 2 aliphatic rings. The molecule has 0 saturated carbocycles. The summed E-state index contributed by atoms with van der Waals surface area (Å²) in [7, 11) is 0. The lowest BCUT2D eigenvalue weighted by molar-refractivity contribution is -0.142. The number of benzene rings is 2. The highest BCUT2D eigenvalue weighted by molar-refractivity contribution is 6.54. The molecule has 138 valence electrons. The monoisotopic (exact) mass is 365 g/mol. The molecule has 2 aromatic carbocycles. The molecule has 0 fully saturated rings. The number of oxime groups is 1. The van der Waals surface area contributed by atoms with Crippen molar-refractivity contribution in [1.29, 1.82) is 0 Å². The average Bonchev–Trinajstić information content (AvgIpc) is 2.97. The minimum Gasteiger partial charge on any atom is -0.479 e. The zero-order chi connectivity index (χ0) is 19.0. The zero-order valence-electron chi connectivity index (χ0n) is 14.8. The topological polar surface area (TPSA) is 100 Å². The minimum atomic E-state index is -1.15. The molecule has 27 heavy (non-hydrogen) atoms. The second kappa shape index (κ2) is 6.85. The smallest absolute Gasteiger partial charge is 0.344 e. The van der Waals surface area contributed by atoms with Crippen molar-refractivity contribution in [3.05, 3.63) is 52.6 Å². The largest absolute Gasteiger partial charge is 0.479 e. The maximum atomic E-state index is 12.4. The van der Waals surface area contributed by atoms with Crippen LogP contribution in [0.4, 0.5) is 5.69 Å². The molecule has 0 radical (unpaired) electrons. The quantitative estimate of drug-likeness (QED) is 0.720. The zero-order valence-corrected chi connectivity index (χ0v) is 14.8. The van der Waals surface area contributed by atoms with E-state index in [9.17, 15) is 9.59 Å². The number of amides is 1. The van der Waals surface area contributed by atoms with Crippen LogP contribution in [0.25, 0.3) is 11.1 Å². The van der Waals surface area contributed by atoms with E-state index in [2.05, 4.69) is 40.1 Å². The second-order valence-corrected chi connectivity index (χ2v) is 6.66. The lowest BCUT2D eigenvalue weighted by Crippen LogP contribution is -2.25. The van der Waals surface area contributed by atoms with E-state index in [1.807, 2.05) is 13.0 Å². The number of carbonyl (C=O) groups is 2. The predicted molar refractivity (Wildman–Crippen MR) is 101 cm³/mol. The molecule has 3 N–H and O–H groups in total. The van der Waals surface area contributed by atoms with Gasteiger partial charge in [0.05, 0.1) is 5.69 Å². The van der Waals surface area contributed by atoms with Gasteiger partial charge in [0, 0.05) is 12.1 Å². The number of nitrogens with one attached hydrogen (secondary N) is 2. The number of carboxylic acids is 1. The average molecular weight is 365 g/mol. The number of rotatable bonds is 4. The van der Waals surface area contributed by atoms with Gasteiger partial charge in [-0.1, -0.05) is 35.0 Å². The molecule has 7 heteroatoms. The summed E-state index contributed by atoms with van der Waals surface area (Å²) < 4.78 is 0. The van der Waals surface area contributed by atoms with Gasteiger partial charge >= 0.3 is 5.97 Å². The van der Waals surface area contributed by atoms with Crippen molar-refractivity contribution in [3.8, 4) is 11.1 Å². The Labute approximate surface area is 156 Å². The molecular weight excluding hydrogens is 346 g/mol. The Bertz CT molecular complexity index is 964. The van der Waals surface area contributed by atoms with Crippen LogP contribution < -0.4 is 10.6 Å². The summed E-state index contributed by atoms with van der Waals surface area (Å²) in [5, 5.41) is 18.7. The van der Waals surface area contributed by atoms with Crippen LogP contribution in [-0.4, -0.2) is 35.8 Å². The van der Waals surface area contributed by atoms with Crippen molar-refractivity contribution < 1.29 is 19.5 Å². The summed E-state index contributed by atoms with van der Waals surface area (Å²) in [6.45, 7) is 2.98. The van der Waals surface area contributed by atoms with E-state index in [4.69, 9.17) is 9.94 Å². The van der Waals surface area contributed by atoms with E-state index < -0.39 is 12.6 Å². The van der Waals surface area contributed by atoms with Crippen molar-refractivity contribution in [2.24, 2.45) is 5.16 Å². The van der Waals surface area contributed by atoms with E-state index >= 15 is 0 Å². The van der Waals surface area contributed by atoms with Gasteiger partial charge in [0.25, 0.3) is 5.91 Å². The maximum Gasteiger partial charge on any atom is 0.344 e. The van der Waals surface area contributed by atoms with Crippen LogP contribution >= 0.6 is 0 Å². The number of anilines is 1. The van der Waals surface area contributed by atoms with Gasteiger partial charge in [0.1, 0.15) is 0 Å². The first kappa shape index (κ1) is 17.2. The number of carboxylic acid groups (broad SMARTS) is 1. The van der Waals surface area contributed by atoms with Crippen molar-refractivity contribution in [3.63, 3.8) is 0 Å². The summed E-state index contributed by atoms with van der Waals surface area (Å²) in [6.07, 6.45) is 0.865. The Hall–Kier alpha value is -3.19. The van der Waals surface area contributed by atoms with Crippen LogP contribution in [0.3, 0.4) is 0 Å². The molecular formula is C20H19N3O4. The molecule has 7 nitrogen and oxygen atoms in total. The SMILES string of the molecule is Cc1ccc(-c2cc3c(c4c2CCNC4)NC(=O)/C3=N\OCC(=O)O)cc1. The van der Waals surface area contributed by atoms with Gasteiger partial charge in [-0.2, -0.15) is 0 Å². The van der Waals surface area contributed by atoms with E-state index in [0.29, 0.717) is 12.1 Å². The van der Waals surface area contributed by atoms with E-state index in [1.165, 1.54) is 11.1 Å². The Morgan fingerprint density at radius 3 is 2.74 bits per heavy atom. The number of fused-ring (bicyclic) bond motifs is 3. The third-order valence-electron chi connectivity index (χ3n) is 4.82. The summed E-state index contributed by atoms with van der Waals surface area (Å²) in [4.78, 5) is 27.9. The van der Waals surface area contributed by atoms with Crippen LogP contribution in [0, 0.1) is 6.92 Å². The maximum absolute atomic E-state index is 12.4. The van der Waals surface area contributed by atoms with Crippen molar-refractivity contribution in [1.82, 2.24) is 5.32 Å². The minimum absolute atomic E-state index is 0.105. The van der Waals surface area contributed by atoms with E-state index in [-0.39, 0.29) is 11.6 Å². The Kier molecular flexibility index (Phi) is 4.37. The number of carbonyl (C=O) groups excluding carboxylic acids is 1. The van der Waals surface area contributed by atoms with Crippen LogP contribution in [0.1, 0.15) is 22.3 Å². The van der Waals surface area contributed by atoms with Crippen molar-refractivity contribution in [2.45, 2.75) is 19.9 Å². The molecule has 0 aliphatic carbocycles. The molecule has 0 aromatic heterocycles. The highest BCUT2D eigenvalue weighted by atomic mass is 16.6. The van der Waals surface area contributed by atoms with Crippen LogP contribution in [-0.2, 0) is 27.4 Å². The van der Waals surface area contributed by atoms with Gasteiger partial charge < -0.3 is 20.6 Å². The van der Waals surface area contributed by atoms with Crippen LogP contribution in [0.2, 0.25) is 0 Å². The van der Waals surface area contributed by atoms with E-state index in [0.717, 1.165) is 35.3 Å². The number of hydrogen-bond donors (Lipinski definition) is 3. The first-order chi connectivity index (χ1) is 13.0. The van der Waals surface area contributed by atoms with Crippen LogP contribution in [0.15, 0.2) is 35.5 Å². The predicted octanol–water partition coefficient (Wildman–Crippen LogP) is 2.07. The molecule has 2 aliphatic heterocycles. The molecule has 0 saturated heterocycles. The highest BCUT2D eigenvalue weighted by Gasteiger charge is 2.32. The summed E-state index contributed by atoms with van der Waals surface area (Å²) in [5.41, 5.74) is 7.05. The van der Waals surface area contributed by atoms with Crippen molar-refractivity contribution >= 4 is 23.3 Å². The lowest BCUT2D eigenvalue weighted by Gasteiger charge is -2.23. The van der Waals surface area contributed by atoms with Gasteiger partial charge in [-0.25, -0.2) is 4.79 Å². The summed E-state index contributed by atoms with van der Waals surface area (Å²) in [6, 6.07) is 10.2. The Morgan fingerprint density at radius 2 is 2.00 bits per heavy atom. The number of aliphatic carboxylic acids is 1. The Balaban J connectivity index is 1.85. The first-order valence-corrected chi connectivity index (χ1v) is 8.74. The first-order valence-electron chi connectivity index (χ1n) is 8.74. The molecule has 4 rings (SSSR count). The third kappa shape index (κ3) is 3.17. The summed E-state index contributed by atoms with van der Waals surface area (Å²) >= 11 is 0. The van der Waals surface area contributed by atoms with Crippen molar-refractivity contribution in [2.75, 3.05) is 18.5 Å². The lowest BCUT2D eigenvalue weighted by atomic mass is 9.87. The Morgan fingerprint density at radius 1 is 1.22 bits per heavy atom. The summed E-state index contributed by atoms with van der Waals surface area (Å²) in [5.74, 6) is -1.53. The van der Waals surface area contributed by atoms with Gasteiger partial charge in [0.15, 0.2) is 5.71 Å². The molecule has 0 atom stereocenters. The van der Waals surface area contributed by atoms with E-state index in [1.54, 1.807) is 0 Å². The second-order valence-electron chi connectivity index (χ2n) is 6.66. The van der Waals surface area contributed by atoms with Gasteiger partial charge in [-0.05, 0) is 48.2 Å².